The van der Waals surface area contributed by atoms with E-state index in [0.29, 0.717) is 5.88 Å². The minimum atomic E-state index is -0.445. The Morgan fingerprint density at radius 2 is 1.88 bits per heavy atom. The number of nitrogens with zero attached hydrogens (tertiary/aromatic N) is 3. The van der Waals surface area contributed by atoms with Crippen LogP contribution in [0.3, 0.4) is 0 Å². The van der Waals surface area contributed by atoms with Gasteiger partial charge in [0.15, 0.2) is 6.61 Å². The number of aromatic nitrogens is 3. The van der Waals surface area contributed by atoms with E-state index in [1.807, 2.05) is 43.3 Å². The molecule has 0 aliphatic heterocycles. The van der Waals surface area contributed by atoms with Gasteiger partial charge in [-0.05, 0) is 31.2 Å². The third-order valence-corrected chi connectivity index (χ3v) is 4.18. The molecule has 3 rings (SSSR count). The van der Waals surface area contributed by atoms with Crippen molar-refractivity contribution >= 4 is 17.3 Å². The third-order valence-electron chi connectivity index (χ3n) is 3.20. The number of aryl methyl sites for hydroxylation is 1. The number of pyridine rings is 2. The smallest absolute Gasteiger partial charge is 0.343 e. The Hall–Kier alpha value is -2.80. The highest BCUT2D eigenvalue weighted by Crippen LogP contribution is 2.31. The van der Waals surface area contributed by atoms with E-state index in [9.17, 15) is 4.79 Å². The number of carbonyl (C=O) groups excluding carboxylic acids is 1. The molecule has 3 aromatic rings. The Morgan fingerprint density at radius 1 is 1.08 bits per heavy atom. The fourth-order valence-electron chi connectivity index (χ4n) is 2.02. The van der Waals surface area contributed by atoms with Crippen LogP contribution >= 0.6 is 11.3 Å². The van der Waals surface area contributed by atoms with Crippen molar-refractivity contribution in [3.63, 3.8) is 0 Å². The molecule has 122 valence electrons. The average molecular weight is 341 g/mol. The Balaban J connectivity index is 1.86. The van der Waals surface area contributed by atoms with Crippen molar-refractivity contribution in [2.45, 2.75) is 6.92 Å². The summed E-state index contributed by atoms with van der Waals surface area (Å²) < 4.78 is 9.95. The zero-order chi connectivity index (χ0) is 16.9. The molecule has 0 radical (unpaired) electrons. The van der Waals surface area contributed by atoms with Crippen molar-refractivity contribution < 1.29 is 14.3 Å². The lowest BCUT2D eigenvalue weighted by molar-refractivity contribution is -0.143. The zero-order valence-electron chi connectivity index (χ0n) is 13.2. The van der Waals surface area contributed by atoms with Gasteiger partial charge in [-0.3, -0.25) is 4.98 Å². The van der Waals surface area contributed by atoms with E-state index in [4.69, 9.17) is 4.74 Å². The van der Waals surface area contributed by atoms with Gasteiger partial charge < -0.3 is 9.47 Å². The van der Waals surface area contributed by atoms with Crippen LogP contribution in [0.5, 0.6) is 5.88 Å². The van der Waals surface area contributed by atoms with Gasteiger partial charge >= 0.3 is 5.97 Å². The van der Waals surface area contributed by atoms with E-state index < -0.39 is 5.97 Å². The predicted molar refractivity (Wildman–Crippen MR) is 90.8 cm³/mol. The lowest BCUT2D eigenvalue weighted by atomic mass is 10.2. The highest BCUT2D eigenvalue weighted by molar-refractivity contribution is 7.15. The van der Waals surface area contributed by atoms with E-state index in [0.717, 1.165) is 27.0 Å². The Labute approximate surface area is 143 Å². The molecule has 0 spiro atoms. The van der Waals surface area contributed by atoms with Crippen molar-refractivity contribution in [3.8, 4) is 28.0 Å². The number of hydrogen-bond donors (Lipinski definition) is 0. The maximum atomic E-state index is 11.2. The average Bonchev–Trinajstić information content (AvgIpc) is 3.01. The second kappa shape index (κ2) is 7.18. The van der Waals surface area contributed by atoms with Gasteiger partial charge in [0.05, 0.1) is 29.1 Å². The normalized spacial score (nSPS) is 10.4. The summed E-state index contributed by atoms with van der Waals surface area (Å²) in [5, 5.41) is 0.727. The molecule has 7 heteroatoms. The van der Waals surface area contributed by atoms with Crippen LogP contribution in [0.1, 0.15) is 4.88 Å². The van der Waals surface area contributed by atoms with Crippen LogP contribution in [0.25, 0.3) is 22.1 Å². The van der Waals surface area contributed by atoms with Gasteiger partial charge in [-0.15, -0.1) is 11.3 Å². The molecule has 0 amide bonds. The van der Waals surface area contributed by atoms with Crippen LogP contribution in [-0.2, 0) is 9.53 Å². The molecule has 3 aromatic heterocycles. The predicted octanol–water partition coefficient (Wildman–Crippen LogP) is 3.13. The summed E-state index contributed by atoms with van der Waals surface area (Å²) in [5.41, 5.74) is 2.31. The van der Waals surface area contributed by atoms with E-state index in [2.05, 4.69) is 19.7 Å². The second-order valence-corrected chi connectivity index (χ2v) is 6.07. The van der Waals surface area contributed by atoms with E-state index in [1.54, 1.807) is 6.20 Å². The van der Waals surface area contributed by atoms with Crippen LogP contribution in [0.2, 0.25) is 0 Å². The van der Waals surface area contributed by atoms with Gasteiger partial charge in [-0.25, -0.2) is 9.78 Å². The molecule has 0 N–H and O–H groups in total. The first-order chi connectivity index (χ1) is 11.7. The van der Waals surface area contributed by atoms with Crippen LogP contribution in [0, 0.1) is 6.92 Å². The van der Waals surface area contributed by atoms with Gasteiger partial charge in [-0.1, -0.05) is 12.1 Å². The van der Waals surface area contributed by atoms with E-state index >= 15 is 0 Å². The summed E-state index contributed by atoms with van der Waals surface area (Å²) in [6.07, 6.45) is 1.73. The molecular weight excluding hydrogens is 326 g/mol. The van der Waals surface area contributed by atoms with Gasteiger partial charge in [0.1, 0.15) is 5.01 Å². The quantitative estimate of drug-likeness (QED) is 0.664. The first-order valence-corrected chi connectivity index (χ1v) is 8.05. The van der Waals surface area contributed by atoms with Crippen molar-refractivity contribution in [2.75, 3.05) is 13.7 Å². The fraction of sp³-hybridized carbons (Fsp3) is 0.176. The number of thiazole rings is 1. The Morgan fingerprint density at radius 3 is 2.62 bits per heavy atom. The monoisotopic (exact) mass is 341 g/mol. The number of hydrogen-bond acceptors (Lipinski definition) is 7. The molecule has 0 aromatic carbocycles. The summed E-state index contributed by atoms with van der Waals surface area (Å²) in [5.74, 6) is -0.0235. The molecule has 0 aliphatic carbocycles. The third kappa shape index (κ3) is 3.57. The molecular formula is C17H15N3O3S. The number of carbonyl (C=O) groups is 1. The first kappa shape index (κ1) is 16.1. The standard InChI is InChI=1S/C17H15N3O3S/c1-11-16(23-10-15(21)22-2)20-17(24-11)14-8-5-7-13(19-14)12-6-3-4-9-18-12/h3-9H,10H2,1-2H3. The molecule has 0 atom stereocenters. The molecule has 0 fully saturated rings. The largest absolute Gasteiger partial charge is 0.466 e. The molecule has 6 nitrogen and oxygen atoms in total. The lowest BCUT2D eigenvalue weighted by Crippen LogP contribution is -2.13. The second-order valence-electron chi connectivity index (χ2n) is 4.87. The number of ether oxygens (including phenoxy) is 2. The molecule has 3 heterocycles. The van der Waals surface area contributed by atoms with Crippen LogP contribution in [0.15, 0.2) is 42.6 Å². The van der Waals surface area contributed by atoms with Crippen LogP contribution in [-0.4, -0.2) is 34.6 Å². The zero-order valence-corrected chi connectivity index (χ0v) is 14.0. The topological polar surface area (TPSA) is 74.2 Å². The molecule has 0 saturated heterocycles. The molecule has 0 saturated carbocycles. The lowest BCUT2D eigenvalue weighted by Gasteiger charge is -2.02. The van der Waals surface area contributed by atoms with Gasteiger partial charge in [0.25, 0.3) is 0 Å². The van der Waals surface area contributed by atoms with Gasteiger partial charge in [-0.2, -0.15) is 4.98 Å². The molecule has 24 heavy (non-hydrogen) atoms. The van der Waals surface area contributed by atoms with Crippen LogP contribution in [0.4, 0.5) is 0 Å². The van der Waals surface area contributed by atoms with Crippen molar-refractivity contribution in [3.05, 3.63) is 47.5 Å². The minimum absolute atomic E-state index is 0.165. The van der Waals surface area contributed by atoms with Crippen molar-refractivity contribution in [1.29, 1.82) is 0 Å². The van der Waals surface area contributed by atoms with Crippen molar-refractivity contribution in [2.24, 2.45) is 0 Å². The summed E-state index contributed by atoms with van der Waals surface area (Å²) in [6.45, 7) is 1.72. The SMILES string of the molecule is COC(=O)COc1nc(-c2cccc(-c3ccccn3)n2)sc1C. The van der Waals surface area contributed by atoms with Gasteiger partial charge in [0.2, 0.25) is 5.88 Å². The van der Waals surface area contributed by atoms with E-state index in [1.165, 1.54) is 18.4 Å². The van der Waals surface area contributed by atoms with Gasteiger partial charge in [0, 0.05) is 6.20 Å². The summed E-state index contributed by atoms with van der Waals surface area (Å²) in [7, 11) is 1.32. The summed E-state index contributed by atoms with van der Waals surface area (Å²) in [6, 6.07) is 11.4. The maximum Gasteiger partial charge on any atom is 0.343 e. The summed E-state index contributed by atoms with van der Waals surface area (Å²) >= 11 is 1.46. The Bertz CT molecular complexity index is 849. The highest BCUT2D eigenvalue weighted by Gasteiger charge is 2.14. The minimum Gasteiger partial charge on any atom is -0.466 e. The number of methoxy groups -OCH3 is 1. The Kier molecular flexibility index (Phi) is 4.81. The number of rotatable bonds is 5. The van der Waals surface area contributed by atoms with Crippen LogP contribution < -0.4 is 4.74 Å². The maximum absolute atomic E-state index is 11.2. The van der Waals surface area contributed by atoms with E-state index in [-0.39, 0.29) is 6.61 Å². The molecule has 0 aliphatic rings. The molecule has 0 bridgehead atoms. The summed E-state index contributed by atoms with van der Waals surface area (Å²) in [4.78, 5) is 25.4. The highest BCUT2D eigenvalue weighted by atomic mass is 32.1. The van der Waals surface area contributed by atoms with Crippen molar-refractivity contribution in [1.82, 2.24) is 15.0 Å². The first-order valence-electron chi connectivity index (χ1n) is 7.23. The number of esters is 1. The fourth-order valence-corrected chi connectivity index (χ4v) is 2.85. The molecule has 0 unspecified atom stereocenters.